The van der Waals surface area contributed by atoms with Crippen molar-refractivity contribution in [2.45, 2.75) is 51.0 Å². The lowest BCUT2D eigenvalue weighted by atomic mass is 9.93. The maximum atomic E-state index is 12.9. The second kappa shape index (κ2) is 6.46. The molecule has 0 aromatic carbocycles. The van der Waals surface area contributed by atoms with E-state index in [2.05, 4.69) is 4.98 Å². The van der Waals surface area contributed by atoms with Gasteiger partial charge in [-0.1, -0.05) is 19.3 Å². The van der Waals surface area contributed by atoms with Crippen LogP contribution in [0.1, 0.15) is 65.8 Å². The molecular formula is C17H22N2O3. The Hall–Kier alpha value is -1.91. The Morgan fingerprint density at radius 3 is 2.55 bits per heavy atom. The van der Waals surface area contributed by atoms with E-state index in [-0.39, 0.29) is 23.2 Å². The van der Waals surface area contributed by atoms with Gasteiger partial charge in [0.25, 0.3) is 5.91 Å². The van der Waals surface area contributed by atoms with Gasteiger partial charge in [-0.15, -0.1) is 0 Å². The number of carboxylic acid groups (broad SMARTS) is 1. The molecule has 0 bridgehead atoms. The van der Waals surface area contributed by atoms with Gasteiger partial charge in [0.05, 0.1) is 5.56 Å². The molecule has 1 aromatic rings. The molecule has 2 aliphatic carbocycles. The highest BCUT2D eigenvalue weighted by Crippen LogP contribution is 2.33. The van der Waals surface area contributed by atoms with Crippen LogP contribution in [0.3, 0.4) is 0 Å². The Kier molecular flexibility index (Phi) is 4.41. The number of rotatable bonds is 5. The first kappa shape index (κ1) is 15.0. The van der Waals surface area contributed by atoms with Crippen molar-refractivity contribution in [3.05, 3.63) is 29.6 Å². The molecule has 0 spiro atoms. The zero-order valence-electron chi connectivity index (χ0n) is 12.7. The van der Waals surface area contributed by atoms with Crippen LogP contribution >= 0.6 is 0 Å². The quantitative estimate of drug-likeness (QED) is 0.907. The lowest BCUT2D eigenvalue weighted by Crippen LogP contribution is -2.43. The standard InChI is InChI=1S/C17H22N2O3/c20-16(15-10-13(17(21)22)8-9-18-15)19(11-12-6-7-12)14-4-2-1-3-5-14/h8-10,12,14H,1-7,11H2,(H,21,22). The van der Waals surface area contributed by atoms with E-state index in [1.54, 1.807) is 0 Å². The fourth-order valence-electron chi connectivity index (χ4n) is 3.20. The first-order valence-electron chi connectivity index (χ1n) is 8.15. The first-order chi connectivity index (χ1) is 10.6. The number of hydrogen-bond donors (Lipinski definition) is 1. The molecule has 118 valence electrons. The second-order valence-electron chi connectivity index (χ2n) is 6.43. The van der Waals surface area contributed by atoms with E-state index in [1.165, 1.54) is 50.4 Å². The Bertz CT molecular complexity index is 563. The summed E-state index contributed by atoms with van der Waals surface area (Å²) in [5, 5.41) is 9.08. The zero-order valence-corrected chi connectivity index (χ0v) is 12.7. The monoisotopic (exact) mass is 302 g/mol. The van der Waals surface area contributed by atoms with Gasteiger partial charge in [0.1, 0.15) is 5.69 Å². The van der Waals surface area contributed by atoms with Gasteiger partial charge in [0.2, 0.25) is 0 Å². The van der Waals surface area contributed by atoms with Crippen LogP contribution in [0.2, 0.25) is 0 Å². The molecule has 2 aliphatic rings. The van der Waals surface area contributed by atoms with Crippen LogP contribution < -0.4 is 0 Å². The molecule has 1 amide bonds. The van der Waals surface area contributed by atoms with E-state index < -0.39 is 5.97 Å². The molecule has 1 aromatic heterocycles. The molecule has 0 atom stereocenters. The van der Waals surface area contributed by atoms with E-state index in [0.717, 1.165) is 19.4 Å². The fourth-order valence-corrected chi connectivity index (χ4v) is 3.20. The van der Waals surface area contributed by atoms with Gasteiger partial charge >= 0.3 is 5.97 Å². The summed E-state index contributed by atoms with van der Waals surface area (Å²) in [7, 11) is 0. The minimum absolute atomic E-state index is 0.109. The van der Waals surface area contributed by atoms with Crippen LogP contribution in [-0.2, 0) is 0 Å². The number of aromatic nitrogens is 1. The smallest absolute Gasteiger partial charge is 0.335 e. The van der Waals surface area contributed by atoms with E-state index in [1.807, 2.05) is 4.90 Å². The van der Waals surface area contributed by atoms with Crippen molar-refractivity contribution < 1.29 is 14.7 Å². The Labute approximate surface area is 130 Å². The molecule has 2 fully saturated rings. The average Bonchev–Trinajstić information content (AvgIpc) is 3.37. The van der Waals surface area contributed by atoms with Crippen LogP contribution in [0.5, 0.6) is 0 Å². The van der Waals surface area contributed by atoms with Crippen molar-refractivity contribution in [1.29, 1.82) is 0 Å². The van der Waals surface area contributed by atoms with Crippen LogP contribution in [0.15, 0.2) is 18.3 Å². The third-order valence-electron chi connectivity index (χ3n) is 4.65. The van der Waals surface area contributed by atoms with Crippen molar-refractivity contribution in [1.82, 2.24) is 9.88 Å². The minimum atomic E-state index is -1.03. The summed E-state index contributed by atoms with van der Waals surface area (Å²) in [5.41, 5.74) is 0.375. The van der Waals surface area contributed by atoms with Gasteiger partial charge < -0.3 is 10.0 Å². The van der Waals surface area contributed by atoms with Crippen molar-refractivity contribution in [3.8, 4) is 0 Å². The summed E-state index contributed by atoms with van der Waals surface area (Å²) < 4.78 is 0. The summed E-state index contributed by atoms with van der Waals surface area (Å²) in [6.07, 6.45) is 9.48. The molecule has 2 saturated carbocycles. The lowest BCUT2D eigenvalue weighted by Gasteiger charge is -2.34. The molecule has 0 radical (unpaired) electrons. The average molecular weight is 302 g/mol. The molecule has 5 heteroatoms. The molecule has 5 nitrogen and oxygen atoms in total. The number of carboxylic acids is 1. The van der Waals surface area contributed by atoms with Crippen LogP contribution in [0, 0.1) is 5.92 Å². The number of carbonyl (C=O) groups excluding carboxylic acids is 1. The maximum absolute atomic E-state index is 12.9. The lowest BCUT2D eigenvalue weighted by molar-refractivity contribution is 0.0616. The Balaban J connectivity index is 1.81. The first-order valence-corrected chi connectivity index (χ1v) is 8.15. The molecule has 1 N–H and O–H groups in total. The largest absolute Gasteiger partial charge is 0.478 e. The van der Waals surface area contributed by atoms with Gasteiger partial charge in [0.15, 0.2) is 0 Å². The van der Waals surface area contributed by atoms with Crippen molar-refractivity contribution in [2.24, 2.45) is 5.92 Å². The summed E-state index contributed by atoms with van der Waals surface area (Å²) in [6.45, 7) is 0.794. The third kappa shape index (κ3) is 3.46. The number of nitrogens with zero attached hydrogens (tertiary/aromatic N) is 2. The molecule has 1 heterocycles. The minimum Gasteiger partial charge on any atom is -0.478 e. The Morgan fingerprint density at radius 1 is 1.18 bits per heavy atom. The zero-order chi connectivity index (χ0) is 15.5. The number of carbonyl (C=O) groups is 2. The predicted molar refractivity (Wildman–Crippen MR) is 81.8 cm³/mol. The SMILES string of the molecule is O=C(O)c1ccnc(C(=O)N(CC2CC2)C2CCCCC2)c1. The normalized spacial score (nSPS) is 18.9. The third-order valence-corrected chi connectivity index (χ3v) is 4.65. The number of amides is 1. The topological polar surface area (TPSA) is 70.5 Å². The van der Waals surface area contributed by atoms with Crippen LogP contribution in [-0.4, -0.2) is 39.5 Å². The van der Waals surface area contributed by atoms with E-state index in [0.29, 0.717) is 5.92 Å². The van der Waals surface area contributed by atoms with Crippen molar-refractivity contribution in [2.75, 3.05) is 6.54 Å². The van der Waals surface area contributed by atoms with Crippen LogP contribution in [0.25, 0.3) is 0 Å². The van der Waals surface area contributed by atoms with E-state index >= 15 is 0 Å². The van der Waals surface area contributed by atoms with Gasteiger partial charge in [-0.25, -0.2) is 4.79 Å². The highest BCUT2D eigenvalue weighted by atomic mass is 16.4. The summed E-state index contributed by atoms with van der Waals surface area (Å²) in [4.78, 5) is 30.0. The highest BCUT2D eigenvalue weighted by Gasteiger charge is 2.32. The van der Waals surface area contributed by atoms with E-state index in [4.69, 9.17) is 5.11 Å². The van der Waals surface area contributed by atoms with Gasteiger partial charge in [-0.3, -0.25) is 9.78 Å². The molecule has 22 heavy (non-hydrogen) atoms. The van der Waals surface area contributed by atoms with Crippen molar-refractivity contribution in [3.63, 3.8) is 0 Å². The molecule has 0 aliphatic heterocycles. The molecule has 0 unspecified atom stereocenters. The van der Waals surface area contributed by atoms with Crippen molar-refractivity contribution >= 4 is 11.9 Å². The Morgan fingerprint density at radius 2 is 1.91 bits per heavy atom. The molecule has 0 saturated heterocycles. The predicted octanol–water partition coefficient (Wildman–Crippen LogP) is 2.96. The molecular weight excluding hydrogens is 280 g/mol. The van der Waals surface area contributed by atoms with Gasteiger partial charge in [-0.2, -0.15) is 0 Å². The second-order valence-corrected chi connectivity index (χ2v) is 6.43. The molecule has 3 rings (SSSR count). The fraction of sp³-hybridized carbons (Fsp3) is 0.588. The number of aromatic carboxylic acids is 1. The highest BCUT2D eigenvalue weighted by molar-refractivity contribution is 5.96. The van der Waals surface area contributed by atoms with Crippen LogP contribution in [0.4, 0.5) is 0 Å². The summed E-state index contributed by atoms with van der Waals surface area (Å²) in [5.74, 6) is -0.515. The number of pyridine rings is 1. The summed E-state index contributed by atoms with van der Waals surface area (Å²) in [6, 6.07) is 3.11. The summed E-state index contributed by atoms with van der Waals surface area (Å²) >= 11 is 0. The maximum Gasteiger partial charge on any atom is 0.335 e. The number of hydrogen-bond acceptors (Lipinski definition) is 3. The van der Waals surface area contributed by atoms with E-state index in [9.17, 15) is 9.59 Å². The van der Waals surface area contributed by atoms with Gasteiger partial charge in [0, 0.05) is 18.8 Å². The van der Waals surface area contributed by atoms with Gasteiger partial charge in [-0.05, 0) is 43.7 Å².